The molecule has 1 aromatic carbocycles. The lowest BCUT2D eigenvalue weighted by molar-refractivity contribution is 0.335. The quantitative estimate of drug-likeness (QED) is 0.876. The van der Waals surface area contributed by atoms with Crippen molar-refractivity contribution in [2.24, 2.45) is 0 Å². The van der Waals surface area contributed by atoms with Crippen LogP contribution in [0.25, 0.3) is 0 Å². The average molecular weight is 264 g/mol. The molecule has 0 atom stereocenters. The van der Waals surface area contributed by atoms with E-state index in [9.17, 15) is 0 Å². The summed E-state index contributed by atoms with van der Waals surface area (Å²) in [5.74, 6) is 0.990. The van der Waals surface area contributed by atoms with Gasteiger partial charge in [0.2, 0.25) is 0 Å². The first-order chi connectivity index (χ1) is 9.21. The second kappa shape index (κ2) is 8.81. The Bertz CT molecular complexity index is 360. The van der Waals surface area contributed by atoms with Gasteiger partial charge in [-0.25, -0.2) is 0 Å². The van der Waals surface area contributed by atoms with Crippen LogP contribution in [0.4, 0.5) is 5.69 Å². The van der Waals surface area contributed by atoms with E-state index >= 15 is 0 Å². The van der Waals surface area contributed by atoms with Gasteiger partial charge in [0.05, 0.1) is 5.69 Å². The Morgan fingerprint density at radius 1 is 1.16 bits per heavy atom. The first kappa shape index (κ1) is 15.8. The predicted molar refractivity (Wildman–Crippen MR) is 83.0 cm³/mol. The third-order valence-corrected chi connectivity index (χ3v) is 3.16. The highest BCUT2D eigenvalue weighted by Crippen LogP contribution is 2.29. The van der Waals surface area contributed by atoms with E-state index in [-0.39, 0.29) is 0 Å². The second-order valence-corrected chi connectivity index (χ2v) is 4.95. The minimum atomic E-state index is 0.614. The number of benzene rings is 1. The number of fused-ring (bicyclic) bond motifs is 1. The fourth-order valence-corrected chi connectivity index (χ4v) is 2.12. The molecule has 1 aromatic rings. The highest BCUT2D eigenvalue weighted by molar-refractivity contribution is 5.60. The average Bonchev–Trinajstić information content (AvgIpc) is 2.87. The number of nitrogens with zero attached hydrogens (tertiary/aromatic N) is 1. The number of anilines is 1. The van der Waals surface area contributed by atoms with Gasteiger partial charge in [-0.15, -0.1) is 0 Å². The molecule has 0 aromatic heterocycles. The molecule has 0 radical (unpaired) electrons. The highest BCUT2D eigenvalue weighted by Gasteiger charge is 2.09. The van der Waals surface area contributed by atoms with Crippen molar-refractivity contribution in [3.63, 3.8) is 0 Å². The van der Waals surface area contributed by atoms with E-state index in [0.717, 1.165) is 17.9 Å². The van der Waals surface area contributed by atoms with E-state index in [4.69, 9.17) is 4.74 Å². The van der Waals surface area contributed by atoms with Crippen molar-refractivity contribution in [1.82, 2.24) is 4.90 Å². The highest BCUT2D eigenvalue weighted by atomic mass is 16.5. The van der Waals surface area contributed by atoms with E-state index in [1.807, 2.05) is 0 Å². The number of hydrogen-bond acceptors (Lipinski definition) is 3. The molecule has 2 rings (SSSR count). The summed E-state index contributed by atoms with van der Waals surface area (Å²) in [6.07, 6.45) is 3.61. The van der Waals surface area contributed by atoms with Crippen molar-refractivity contribution in [2.45, 2.75) is 40.0 Å². The monoisotopic (exact) mass is 264 g/mol. The number of rotatable bonds is 5. The topological polar surface area (TPSA) is 24.5 Å². The lowest BCUT2D eigenvalue weighted by Gasteiger charge is -2.12. The van der Waals surface area contributed by atoms with Crippen molar-refractivity contribution in [1.29, 1.82) is 0 Å². The molecular formula is C16H28N2O. The molecule has 0 saturated heterocycles. The Labute approximate surface area is 118 Å². The maximum atomic E-state index is 5.33. The Morgan fingerprint density at radius 2 is 1.84 bits per heavy atom. The van der Waals surface area contributed by atoms with Gasteiger partial charge in [0.1, 0.15) is 5.75 Å². The summed E-state index contributed by atoms with van der Waals surface area (Å²) in [5, 5.41) is 3.13. The van der Waals surface area contributed by atoms with Gasteiger partial charge < -0.3 is 15.0 Å². The number of aryl methyl sites for hydroxylation is 1. The van der Waals surface area contributed by atoms with Gasteiger partial charge in [-0.2, -0.15) is 0 Å². The van der Waals surface area contributed by atoms with Crippen LogP contribution in [0, 0.1) is 0 Å². The first-order valence-electron chi connectivity index (χ1n) is 7.39. The van der Waals surface area contributed by atoms with Crippen molar-refractivity contribution >= 4 is 5.69 Å². The van der Waals surface area contributed by atoms with Gasteiger partial charge in [-0.05, 0) is 57.1 Å². The Balaban J connectivity index is 0.000000203. The minimum absolute atomic E-state index is 0.614. The van der Waals surface area contributed by atoms with Gasteiger partial charge >= 0.3 is 0 Å². The van der Waals surface area contributed by atoms with Gasteiger partial charge in [0.15, 0.2) is 6.73 Å². The van der Waals surface area contributed by atoms with Crippen molar-refractivity contribution in [2.75, 3.05) is 32.2 Å². The Hall–Kier alpha value is -1.22. The first-order valence-corrected chi connectivity index (χ1v) is 7.39. The third-order valence-electron chi connectivity index (χ3n) is 3.16. The molecule has 1 aliphatic rings. The lowest BCUT2D eigenvalue weighted by atomic mass is 10.1. The van der Waals surface area contributed by atoms with E-state index in [0.29, 0.717) is 6.73 Å². The van der Waals surface area contributed by atoms with Crippen molar-refractivity contribution < 1.29 is 4.74 Å². The number of nitrogens with one attached hydrogen (secondary N) is 1. The summed E-state index contributed by atoms with van der Waals surface area (Å²) in [4.78, 5) is 2.36. The van der Waals surface area contributed by atoms with Crippen LogP contribution in [0.15, 0.2) is 18.2 Å². The van der Waals surface area contributed by atoms with E-state index in [1.165, 1.54) is 31.5 Å². The SMILES string of the molecule is CCCN(C)CCC.CCc1ccc2c(c1)OCN2. The number of ether oxygens (including phenoxy) is 1. The third kappa shape index (κ3) is 5.52. The molecule has 0 spiro atoms. The molecule has 3 heteroatoms. The largest absolute Gasteiger partial charge is 0.471 e. The molecule has 0 amide bonds. The van der Waals surface area contributed by atoms with Crippen LogP contribution in [0.5, 0.6) is 5.75 Å². The zero-order valence-corrected chi connectivity index (χ0v) is 12.8. The number of hydrogen-bond donors (Lipinski definition) is 1. The summed E-state index contributed by atoms with van der Waals surface area (Å²) >= 11 is 0. The van der Waals surface area contributed by atoms with Gasteiger partial charge in [0.25, 0.3) is 0 Å². The van der Waals surface area contributed by atoms with Gasteiger partial charge in [-0.3, -0.25) is 0 Å². The van der Waals surface area contributed by atoms with Crippen LogP contribution in [0.1, 0.15) is 39.2 Å². The molecular weight excluding hydrogens is 236 g/mol. The van der Waals surface area contributed by atoms with E-state index in [2.05, 4.69) is 56.2 Å². The molecule has 0 unspecified atom stereocenters. The molecule has 0 aliphatic carbocycles. The fourth-order valence-electron chi connectivity index (χ4n) is 2.12. The molecule has 1 heterocycles. The van der Waals surface area contributed by atoms with E-state index in [1.54, 1.807) is 0 Å². The fraction of sp³-hybridized carbons (Fsp3) is 0.625. The molecule has 19 heavy (non-hydrogen) atoms. The minimum Gasteiger partial charge on any atom is -0.471 e. The van der Waals surface area contributed by atoms with Gasteiger partial charge in [-0.1, -0.05) is 26.8 Å². The predicted octanol–water partition coefficient (Wildman–Crippen LogP) is 3.75. The zero-order valence-electron chi connectivity index (χ0n) is 12.8. The molecule has 3 nitrogen and oxygen atoms in total. The van der Waals surface area contributed by atoms with E-state index < -0.39 is 0 Å². The lowest BCUT2D eigenvalue weighted by Crippen LogP contribution is -2.19. The standard InChI is InChI=1S/C9H11NO.C7H17N/c1-2-7-3-4-8-9(5-7)11-6-10-8;1-4-6-8(3)7-5-2/h3-5,10H,2,6H2,1H3;4-7H2,1-3H3. The molecule has 1 N–H and O–H groups in total. The summed E-state index contributed by atoms with van der Waals surface area (Å²) < 4.78 is 5.33. The van der Waals surface area contributed by atoms with Crippen LogP contribution in [0.3, 0.4) is 0 Å². The second-order valence-electron chi connectivity index (χ2n) is 4.95. The summed E-state index contributed by atoms with van der Waals surface area (Å²) in [6, 6.07) is 6.29. The smallest absolute Gasteiger partial charge is 0.159 e. The van der Waals surface area contributed by atoms with Crippen molar-refractivity contribution in [3.05, 3.63) is 23.8 Å². The van der Waals surface area contributed by atoms with Gasteiger partial charge in [0, 0.05) is 0 Å². The maximum absolute atomic E-state index is 5.33. The maximum Gasteiger partial charge on any atom is 0.159 e. The molecule has 0 fully saturated rings. The summed E-state index contributed by atoms with van der Waals surface area (Å²) in [5.41, 5.74) is 2.44. The Morgan fingerprint density at radius 3 is 2.42 bits per heavy atom. The normalized spacial score (nSPS) is 12.3. The summed E-state index contributed by atoms with van der Waals surface area (Å²) in [6.45, 7) is 9.67. The molecule has 0 bridgehead atoms. The summed E-state index contributed by atoms with van der Waals surface area (Å²) in [7, 11) is 2.17. The zero-order chi connectivity index (χ0) is 14.1. The van der Waals surface area contributed by atoms with Crippen LogP contribution >= 0.6 is 0 Å². The van der Waals surface area contributed by atoms with Crippen LogP contribution in [-0.4, -0.2) is 31.8 Å². The van der Waals surface area contributed by atoms with Crippen LogP contribution < -0.4 is 10.1 Å². The molecule has 1 aliphatic heterocycles. The van der Waals surface area contributed by atoms with Crippen LogP contribution in [0.2, 0.25) is 0 Å². The van der Waals surface area contributed by atoms with Crippen LogP contribution in [-0.2, 0) is 6.42 Å². The molecule has 108 valence electrons. The molecule has 0 saturated carbocycles. The Kier molecular flexibility index (Phi) is 7.34. The van der Waals surface area contributed by atoms with Crippen molar-refractivity contribution in [3.8, 4) is 5.75 Å².